The van der Waals surface area contributed by atoms with Gasteiger partial charge in [0, 0.05) is 50.6 Å². The summed E-state index contributed by atoms with van der Waals surface area (Å²) in [7, 11) is 1.62. The Morgan fingerprint density at radius 2 is 2.07 bits per heavy atom. The van der Waals surface area contributed by atoms with Gasteiger partial charge in [0.2, 0.25) is 11.0 Å². The fourth-order valence-corrected chi connectivity index (χ4v) is 5.50. The molecule has 3 heterocycles. The fraction of sp³-hybridized carbons (Fsp3) is 0.706. The van der Waals surface area contributed by atoms with Gasteiger partial charge in [-0.1, -0.05) is 0 Å². The number of piperazine rings is 1. The lowest BCUT2D eigenvalue weighted by molar-refractivity contribution is -0.138. The van der Waals surface area contributed by atoms with E-state index in [2.05, 4.69) is 10.2 Å². The molecule has 3 atom stereocenters. The van der Waals surface area contributed by atoms with Crippen LogP contribution in [0.5, 0.6) is 0 Å². The summed E-state index contributed by atoms with van der Waals surface area (Å²) in [4.78, 5) is 30.2. The second-order valence-corrected chi connectivity index (χ2v) is 8.57. The first-order valence-corrected chi connectivity index (χ1v) is 10.6. The molecule has 156 valence electrons. The monoisotopic (exact) mass is 430 g/mol. The number of carbonyl (C=O) groups excluding carboxylic acids is 2. The highest BCUT2D eigenvalue weighted by Crippen LogP contribution is 2.49. The highest BCUT2D eigenvalue weighted by atomic mass is 32.2. The maximum absolute atomic E-state index is 12.1. The summed E-state index contributed by atoms with van der Waals surface area (Å²) in [5, 5.41) is 22.3. The van der Waals surface area contributed by atoms with Gasteiger partial charge >= 0.3 is 6.03 Å². The van der Waals surface area contributed by atoms with Gasteiger partial charge in [0.25, 0.3) is 0 Å². The average molecular weight is 431 g/mol. The third kappa shape index (κ3) is 4.28. The summed E-state index contributed by atoms with van der Waals surface area (Å²) in [6.07, 6.45) is -0.648. The minimum atomic E-state index is -1.08. The lowest BCUT2D eigenvalue weighted by Gasteiger charge is -2.36. The van der Waals surface area contributed by atoms with Crippen LogP contribution >= 0.6 is 24.0 Å². The number of nitrogens with zero attached hydrogens (tertiary/aromatic N) is 3. The number of hydrogen-bond acceptors (Lipinski definition) is 8. The van der Waals surface area contributed by atoms with Crippen molar-refractivity contribution in [2.75, 3.05) is 46.4 Å². The largest absolute Gasteiger partial charge is 0.453 e. The second-order valence-electron chi connectivity index (χ2n) is 6.98. The quantitative estimate of drug-likeness (QED) is 0.301. The molecular weight excluding hydrogens is 404 g/mol. The summed E-state index contributed by atoms with van der Waals surface area (Å²) >= 11 is 6.85. The van der Waals surface area contributed by atoms with Gasteiger partial charge in [0.15, 0.2) is 6.29 Å². The van der Waals surface area contributed by atoms with Gasteiger partial charge in [0.05, 0.1) is 18.4 Å². The van der Waals surface area contributed by atoms with Gasteiger partial charge in [0.1, 0.15) is 5.70 Å². The van der Waals surface area contributed by atoms with Crippen molar-refractivity contribution >= 4 is 41.0 Å². The van der Waals surface area contributed by atoms with Gasteiger partial charge in [-0.05, 0) is 19.1 Å². The Morgan fingerprint density at radius 1 is 1.39 bits per heavy atom. The van der Waals surface area contributed by atoms with Crippen molar-refractivity contribution in [2.24, 2.45) is 5.92 Å². The minimum absolute atomic E-state index is 0.0211. The highest BCUT2D eigenvalue weighted by molar-refractivity contribution is 8.04. The van der Waals surface area contributed by atoms with E-state index in [-0.39, 0.29) is 34.9 Å². The maximum Gasteiger partial charge on any atom is 0.317 e. The maximum atomic E-state index is 12.1. The van der Waals surface area contributed by atoms with Crippen LogP contribution in [0.2, 0.25) is 0 Å². The molecule has 11 heteroatoms. The summed E-state index contributed by atoms with van der Waals surface area (Å²) < 4.78 is 5.28. The second kappa shape index (κ2) is 8.95. The molecule has 3 rings (SSSR count). The molecule has 2 saturated heterocycles. The lowest BCUT2D eigenvalue weighted by atomic mass is 10.1. The Balaban J connectivity index is 1.72. The molecule has 0 radical (unpaired) electrons. The number of β-lactam (4-membered cyclic amide) rings is 1. The van der Waals surface area contributed by atoms with Crippen molar-refractivity contribution in [1.82, 2.24) is 20.0 Å². The van der Waals surface area contributed by atoms with Gasteiger partial charge in [-0.2, -0.15) is 0 Å². The third-order valence-electron chi connectivity index (χ3n) is 5.06. The predicted octanol–water partition coefficient (Wildman–Crippen LogP) is -0.249. The zero-order valence-corrected chi connectivity index (χ0v) is 17.6. The Labute approximate surface area is 173 Å². The Bertz CT molecular complexity index is 678. The molecule has 0 aromatic rings. The van der Waals surface area contributed by atoms with Gasteiger partial charge < -0.3 is 25.2 Å². The standard InChI is InChI=1S/C17H26N4O5S2/c1-10(23)26-16(27)14-15(28-13-7-12(24)21(13)14)11(9-22)8-19-3-5-20(6-4-19)17(25)18-2/h10-11,13,22-23H,3-9H2,1-2H3,(H,18,25)/t10?,11?,13-/m1/s1. The van der Waals surface area contributed by atoms with Crippen LogP contribution in [0.25, 0.3) is 0 Å². The van der Waals surface area contributed by atoms with Gasteiger partial charge in [-0.3, -0.25) is 14.6 Å². The van der Waals surface area contributed by atoms with Crippen LogP contribution in [0.4, 0.5) is 4.79 Å². The van der Waals surface area contributed by atoms with E-state index < -0.39 is 6.29 Å². The molecule has 3 amide bonds. The number of thioether (sulfide) groups is 1. The van der Waals surface area contributed by atoms with E-state index in [1.54, 1.807) is 16.8 Å². The minimum Gasteiger partial charge on any atom is -0.453 e. The first kappa shape index (κ1) is 21.3. The summed E-state index contributed by atoms with van der Waals surface area (Å²) in [6, 6.07) is -0.0850. The molecule has 0 spiro atoms. The number of rotatable bonds is 6. The predicted molar refractivity (Wildman–Crippen MR) is 108 cm³/mol. The summed E-state index contributed by atoms with van der Waals surface area (Å²) in [6.45, 7) is 4.61. The zero-order chi connectivity index (χ0) is 20.4. The first-order valence-electron chi connectivity index (χ1n) is 9.27. The number of ether oxygens (including phenoxy) is 1. The fourth-order valence-electron chi connectivity index (χ4n) is 3.60. The zero-order valence-electron chi connectivity index (χ0n) is 16.0. The number of nitrogens with one attached hydrogen (secondary N) is 1. The van der Waals surface area contributed by atoms with E-state index in [4.69, 9.17) is 17.0 Å². The highest BCUT2D eigenvalue weighted by Gasteiger charge is 2.49. The first-order chi connectivity index (χ1) is 13.3. The van der Waals surface area contributed by atoms with E-state index in [0.717, 1.165) is 4.91 Å². The lowest BCUT2D eigenvalue weighted by Crippen LogP contribution is -2.52. The van der Waals surface area contributed by atoms with Gasteiger partial charge in [-0.15, -0.1) is 11.8 Å². The van der Waals surface area contributed by atoms with Crippen molar-refractivity contribution in [3.8, 4) is 0 Å². The smallest absolute Gasteiger partial charge is 0.317 e. The van der Waals surface area contributed by atoms with E-state index in [1.165, 1.54) is 18.7 Å². The van der Waals surface area contributed by atoms with Crippen LogP contribution in [0.3, 0.4) is 0 Å². The van der Waals surface area contributed by atoms with Crippen molar-refractivity contribution in [1.29, 1.82) is 0 Å². The molecule has 0 saturated carbocycles. The normalized spacial score (nSPS) is 24.6. The number of amides is 3. The van der Waals surface area contributed by atoms with E-state index in [0.29, 0.717) is 44.8 Å². The van der Waals surface area contributed by atoms with Crippen molar-refractivity contribution in [2.45, 2.75) is 25.0 Å². The molecular formula is C17H26N4O5S2. The van der Waals surface area contributed by atoms with E-state index >= 15 is 0 Å². The van der Waals surface area contributed by atoms with Crippen LogP contribution in [0.15, 0.2) is 10.6 Å². The molecule has 3 aliphatic rings. The van der Waals surface area contributed by atoms with Crippen LogP contribution in [-0.4, -0.2) is 99.9 Å². The van der Waals surface area contributed by atoms with Crippen LogP contribution in [-0.2, 0) is 9.53 Å². The van der Waals surface area contributed by atoms with E-state index in [9.17, 15) is 19.8 Å². The molecule has 3 N–H and O–H groups in total. The van der Waals surface area contributed by atoms with Crippen molar-refractivity contribution in [3.63, 3.8) is 0 Å². The van der Waals surface area contributed by atoms with Crippen LogP contribution < -0.4 is 5.32 Å². The summed E-state index contributed by atoms with van der Waals surface area (Å²) in [5.74, 6) is -0.254. The molecule has 3 aliphatic heterocycles. The summed E-state index contributed by atoms with van der Waals surface area (Å²) in [5.41, 5.74) is 0.505. The molecule has 0 aromatic carbocycles. The molecule has 0 aliphatic carbocycles. The SMILES string of the molecule is CNC(=O)N1CCN(CC(CO)C2=C(C(=S)OC(C)O)N3C(=O)C[C@H]3S2)CC1. The molecule has 2 unspecified atom stereocenters. The molecule has 9 nitrogen and oxygen atoms in total. The Hall–Kier alpha value is -1.40. The average Bonchev–Trinajstić information content (AvgIpc) is 2.98. The number of aliphatic hydroxyl groups is 2. The molecule has 28 heavy (non-hydrogen) atoms. The van der Waals surface area contributed by atoms with Crippen LogP contribution in [0, 0.1) is 5.92 Å². The number of hydrogen-bond donors (Lipinski definition) is 3. The van der Waals surface area contributed by atoms with Crippen LogP contribution in [0.1, 0.15) is 13.3 Å². The van der Waals surface area contributed by atoms with E-state index in [1.807, 2.05) is 0 Å². The Morgan fingerprint density at radius 3 is 2.61 bits per heavy atom. The van der Waals surface area contributed by atoms with Crippen molar-refractivity contribution in [3.05, 3.63) is 10.6 Å². The number of carbonyl (C=O) groups is 2. The van der Waals surface area contributed by atoms with Gasteiger partial charge in [-0.25, -0.2) is 4.79 Å². The molecule has 0 aromatic heterocycles. The molecule has 2 fully saturated rings. The molecule has 0 bridgehead atoms. The topological polar surface area (TPSA) is 106 Å². The van der Waals surface area contributed by atoms with Crippen molar-refractivity contribution < 1.29 is 24.5 Å². The number of fused-ring (bicyclic) bond motifs is 1. The number of aliphatic hydroxyl groups excluding tert-OH is 2. The number of urea groups is 1. The third-order valence-corrected chi connectivity index (χ3v) is 6.78. The number of thiocarbonyl (C=S) groups is 1. The Kier molecular flexibility index (Phi) is 6.81.